The van der Waals surface area contributed by atoms with Crippen LogP contribution in [0.15, 0.2) is 42.5 Å². The Balaban J connectivity index is 1.90. The summed E-state index contributed by atoms with van der Waals surface area (Å²) < 4.78 is 39.7. The summed E-state index contributed by atoms with van der Waals surface area (Å²) in [6, 6.07) is 7.94. The van der Waals surface area contributed by atoms with Gasteiger partial charge in [0.25, 0.3) is 0 Å². The average Bonchev–Trinajstić information content (AvgIpc) is 2.51. The fraction of sp³-hybridized carbons (Fsp3) is 0.235. The Morgan fingerprint density at radius 2 is 1.79 bits per heavy atom. The first-order chi connectivity index (χ1) is 11.3. The van der Waals surface area contributed by atoms with Crippen LogP contribution in [-0.2, 0) is 12.1 Å². The van der Waals surface area contributed by atoms with E-state index in [4.69, 9.17) is 0 Å². The molecule has 0 spiro atoms. The minimum absolute atomic E-state index is 0.0939. The Kier molecular flexibility index (Phi) is 5.46. The van der Waals surface area contributed by atoms with E-state index in [0.717, 1.165) is 12.1 Å². The van der Waals surface area contributed by atoms with Crippen molar-refractivity contribution in [2.45, 2.75) is 19.1 Å². The molecular formula is C17H17F3N2O2. The predicted molar refractivity (Wildman–Crippen MR) is 82.6 cm³/mol. The lowest BCUT2D eigenvalue weighted by Gasteiger charge is -2.24. The summed E-state index contributed by atoms with van der Waals surface area (Å²) >= 11 is 0. The lowest BCUT2D eigenvalue weighted by Crippen LogP contribution is -2.43. The molecule has 7 heteroatoms. The zero-order valence-corrected chi connectivity index (χ0v) is 12.9. The van der Waals surface area contributed by atoms with Crippen molar-refractivity contribution >= 4 is 6.03 Å². The maximum Gasteiger partial charge on any atom is 0.315 e. The van der Waals surface area contributed by atoms with Gasteiger partial charge >= 0.3 is 6.03 Å². The molecule has 0 radical (unpaired) electrons. The Morgan fingerprint density at radius 1 is 1.08 bits per heavy atom. The molecule has 128 valence electrons. The van der Waals surface area contributed by atoms with Crippen LogP contribution in [0.25, 0.3) is 0 Å². The monoisotopic (exact) mass is 338 g/mol. The number of urea groups is 1. The van der Waals surface area contributed by atoms with E-state index in [1.54, 1.807) is 6.07 Å². The maximum atomic E-state index is 13.7. The summed E-state index contributed by atoms with van der Waals surface area (Å²) in [7, 11) is 0. The van der Waals surface area contributed by atoms with Crippen LogP contribution in [0.2, 0.25) is 0 Å². The SMILES string of the molecule is CC(O)(CNC(=O)NCc1cccc(F)c1)c1ccc(F)cc1F. The molecule has 0 fully saturated rings. The van der Waals surface area contributed by atoms with Gasteiger partial charge in [0.05, 0.1) is 6.54 Å². The van der Waals surface area contributed by atoms with Crippen LogP contribution in [0.4, 0.5) is 18.0 Å². The van der Waals surface area contributed by atoms with E-state index in [-0.39, 0.29) is 18.7 Å². The minimum Gasteiger partial charge on any atom is -0.383 e. The van der Waals surface area contributed by atoms with E-state index >= 15 is 0 Å². The second-order valence-corrected chi connectivity index (χ2v) is 5.56. The van der Waals surface area contributed by atoms with Gasteiger partial charge < -0.3 is 15.7 Å². The van der Waals surface area contributed by atoms with Gasteiger partial charge in [-0.05, 0) is 30.7 Å². The molecule has 0 aromatic heterocycles. The molecule has 0 heterocycles. The number of carbonyl (C=O) groups is 1. The standard InChI is InChI=1S/C17H17F3N2O2/c1-17(24,14-6-5-13(19)8-15(14)20)10-22-16(23)21-9-11-3-2-4-12(18)7-11/h2-8,24H,9-10H2,1H3,(H2,21,22,23). The smallest absolute Gasteiger partial charge is 0.315 e. The van der Waals surface area contributed by atoms with Crippen molar-refractivity contribution in [3.63, 3.8) is 0 Å². The van der Waals surface area contributed by atoms with Crippen LogP contribution in [0.3, 0.4) is 0 Å². The third-order valence-corrected chi connectivity index (χ3v) is 3.45. The molecule has 2 aromatic rings. The number of halogens is 3. The van der Waals surface area contributed by atoms with Crippen LogP contribution in [0.1, 0.15) is 18.1 Å². The summed E-state index contributed by atoms with van der Waals surface area (Å²) in [5, 5.41) is 15.2. The van der Waals surface area contributed by atoms with E-state index in [1.165, 1.54) is 25.1 Å². The molecule has 0 saturated heterocycles. The van der Waals surface area contributed by atoms with Crippen molar-refractivity contribution in [1.29, 1.82) is 0 Å². The van der Waals surface area contributed by atoms with Crippen LogP contribution in [-0.4, -0.2) is 17.7 Å². The van der Waals surface area contributed by atoms with Crippen molar-refractivity contribution in [1.82, 2.24) is 10.6 Å². The highest BCUT2D eigenvalue weighted by Crippen LogP contribution is 2.23. The summed E-state index contributed by atoms with van der Waals surface area (Å²) in [6.45, 7) is 1.11. The molecule has 0 aliphatic rings. The molecule has 2 aromatic carbocycles. The first kappa shape index (κ1) is 17.8. The van der Waals surface area contributed by atoms with E-state index in [2.05, 4.69) is 10.6 Å². The van der Waals surface area contributed by atoms with Gasteiger partial charge in [-0.2, -0.15) is 0 Å². The molecule has 0 aliphatic heterocycles. The van der Waals surface area contributed by atoms with Gasteiger partial charge in [0.15, 0.2) is 0 Å². The number of benzene rings is 2. The van der Waals surface area contributed by atoms with Gasteiger partial charge in [0.2, 0.25) is 0 Å². The third kappa shape index (κ3) is 4.73. The molecule has 1 unspecified atom stereocenters. The van der Waals surface area contributed by atoms with E-state index in [0.29, 0.717) is 11.6 Å². The summed E-state index contributed by atoms with van der Waals surface area (Å²) in [4.78, 5) is 11.7. The molecule has 24 heavy (non-hydrogen) atoms. The molecule has 3 N–H and O–H groups in total. The number of amides is 2. The van der Waals surface area contributed by atoms with Crippen molar-refractivity contribution in [3.8, 4) is 0 Å². The van der Waals surface area contributed by atoms with E-state index in [1.807, 2.05) is 0 Å². The number of rotatable bonds is 5. The maximum absolute atomic E-state index is 13.7. The minimum atomic E-state index is -1.71. The van der Waals surface area contributed by atoms with Crippen molar-refractivity contribution in [2.24, 2.45) is 0 Å². The summed E-state index contributed by atoms with van der Waals surface area (Å²) in [5.41, 5.74) is -1.27. The fourth-order valence-electron chi connectivity index (χ4n) is 2.17. The molecule has 0 bridgehead atoms. The van der Waals surface area contributed by atoms with Crippen LogP contribution >= 0.6 is 0 Å². The van der Waals surface area contributed by atoms with Gasteiger partial charge in [0, 0.05) is 18.2 Å². The van der Waals surface area contributed by atoms with Crippen molar-refractivity contribution < 1.29 is 23.1 Å². The van der Waals surface area contributed by atoms with Crippen LogP contribution in [0, 0.1) is 17.5 Å². The molecule has 1 atom stereocenters. The molecule has 4 nitrogen and oxygen atoms in total. The molecule has 2 rings (SSSR count). The summed E-state index contributed by atoms with van der Waals surface area (Å²) in [5.74, 6) is -2.07. The highest BCUT2D eigenvalue weighted by atomic mass is 19.1. The number of hydrogen-bond acceptors (Lipinski definition) is 2. The second-order valence-electron chi connectivity index (χ2n) is 5.56. The van der Waals surface area contributed by atoms with E-state index in [9.17, 15) is 23.1 Å². The van der Waals surface area contributed by atoms with E-state index < -0.39 is 29.1 Å². The van der Waals surface area contributed by atoms with Crippen LogP contribution < -0.4 is 10.6 Å². The van der Waals surface area contributed by atoms with Crippen molar-refractivity contribution in [3.05, 3.63) is 71.0 Å². The lowest BCUT2D eigenvalue weighted by atomic mass is 9.95. The highest BCUT2D eigenvalue weighted by Gasteiger charge is 2.27. The largest absolute Gasteiger partial charge is 0.383 e. The fourth-order valence-corrected chi connectivity index (χ4v) is 2.17. The number of aliphatic hydroxyl groups is 1. The predicted octanol–water partition coefficient (Wildman–Crippen LogP) is 2.81. The Labute approximate surface area is 137 Å². The molecule has 0 aliphatic carbocycles. The average molecular weight is 338 g/mol. The number of hydrogen-bond donors (Lipinski definition) is 3. The molecule has 0 saturated carbocycles. The number of nitrogens with one attached hydrogen (secondary N) is 2. The van der Waals surface area contributed by atoms with Gasteiger partial charge in [0.1, 0.15) is 23.1 Å². The van der Waals surface area contributed by atoms with Crippen molar-refractivity contribution in [2.75, 3.05) is 6.54 Å². The Hall–Kier alpha value is -2.54. The first-order valence-electron chi connectivity index (χ1n) is 7.22. The third-order valence-electron chi connectivity index (χ3n) is 3.45. The normalized spacial score (nSPS) is 13.2. The van der Waals surface area contributed by atoms with Gasteiger partial charge in [-0.25, -0.2) is 18.0 Å². The zero-order chi connectivity index (χ0) is 17.7. The van der Waals surface area contributed by atoms with Crippen LogP contribution in [0.5, 0.6) is 0 Å². The zero-order valence-electron chi connectivity index (χ0n) is 12.9. The Bertz CT molecular complexity index is 736. The van der Waals surface area contributed by atoms with Gasteiger partial charge in [-0.1, -0.05) is 18.2 Å². The number of carbonyl (C=O) groups excluding carboxylic acids is 1. The highest BCUT2D eigenvalue weighted by molar-refractivity contribution is 5.73. The first-order valence-corrected chi connectivity index (χ1v) is 7.22. The topological polar surface area (TPSA) is 61.4 Å². The quantitative estimate of drug-likeness (QED) is 0.785. The Morgan fingerprint density at radius 3 is 2.46 bits per heavy atom. The second kappa shape index (κ2) is 7.35. The molecular weight excluding hydrogens is 321 g/mol. The van der Waals surface area contributed by atoms with Gasteiger partial charge in [-0.3, -0.25) is 0 Å². The van der Waals surface area contributed by atoms with Gasteiger partial charge in [-0.15, -0.1) is 0 Å². The molecule has 2 amide bonds. The summed E-state index contributed by atoms with van der Waals surface area (Å²) in [6.07, 6.45) is 0. The lowest BCUT2D eigenvalue weighted by molar-refractivity contribution is 0.0555.